The average Bonchev–Trinajstić information content (AvgIpc) is 2.57. The van der Waals surface area contributed by atoms with E-state index in [0.717, 1.165) is 18.4 Å². The van der Waals surface area contributed by atoms with Crippen LogP contribution in [0.5, 0.6) is 5.75 Å². The molecule has 0 bridgehead atoms. The van der Waals surface area contributed by atoms with Crippen LogP contribution in [-0.4, -0.2) is 53.5 Å². The maximum atomic E-state index is 10.7. The average molecular weight is 368 g/mol. The van der Waals surface area contributed by atoms with Crippen molar-refractivity contribution < 1.29 is 24.7 Å². The van der Waals surface area contributed by atoms with Crippen molar-refractivity contribution in [2.24, 2.45) is 5.73 Å². The predicted molar refractivity (Wildman–Crippen MR) is 104 cm³/mol. The molecule has 8 heteroatoms. The zero-order valence-corrected chi connectivity index (χ0v) is 16.0. The Labute approximate surface area is 156 Å². The predicted octanol–water partition coefficient (Wildman–Crippen LogP) is 0.711. The first-order valence-electron chi connectivity index (χ1n) is 9.02. The van der Waals surface area contributed by atoms with E-state index in [1.807, 2.05) is 20.8 Å². The van der Waals surface area contributed by atoms with E-state index >= 15 is 0 Å². The molecule has 0 aliphatic carbocycles. The SMILES string of the molecule is CC(C)NCC(O)COc1ccc(CC(N)=O)cc1.CCCCB(O)O. The maximum absolute atomic E-state index is 10.7. The second kappa shape index (κ2) is 14.6. The van der Waals surface area contributed by atoms with Gasteiger partial charge < -0.3 is 30.9 Å². The molecule has 0 radical (unpaired) electrons. The highest BCUT2D eigenvalue weighted by Gasteiger charge is 2.06. The van der Waals surface area contributed by atoms with Crippen molar-refractivity contribution in [2.75, 3.05) is 13.2 Å². The summed E-state index contributed by atoms with van der Waals surface area (Å²) in [7, 11) is -1.10. The monoisotopic (exact) mass is 368 g/mol. The van der Waals surface area contributed by atoms with E-state index in [1.54, 1.807) is 24.3 Å². The molecule has 6 N–H and O–H groups in total. The number of primary amides is 1. The largest absolute Gasteiger partial charge is 0.491 e. The zero-order chi connectivity index (χ0) is 19.9. The van der Waals surface area contributed by atoms with Gasteiger partial charge in [-0.05, 0) is 24.0 Å². The van der Waals surface area contributed by atoms with E-state index < -0.39 is 13.2 Å². The molecule has 0 fully saturated rings. The molecule has 0 heterocycles. The van der Waals surface area contributed by atoms with Crippen LogP contribution in [0.3, 0.4) is 0 Å². The fourth-order valence-corrected chi connectivity index (χ4v) is 1.91. The third-order valence-electron chi connectivity index (χ3n) is 3.32. The Balaban J connectivity index is 0.000000758. The molecular weight excluding hydrogens is 335 g/mol. The Hall–Kier alpha value is -1.61. The lowest BCUT2D eigenvalue weighted by Gasteiger charge is -2.15. The molecule has 0 aromatic heterocycles. The topological polar surface area (TPSA) is 125 Å². The number of nitrogens with two attached hydrogens (primary N) is 1. The van der Waals surface area contributed by atoms with Gasteiger partial charge in [0.25, 0.3) is 0 Å². The van der Waals surface area contributed by atoms with Crippen molar-refractivity contribution in [2.45, 2.75) is 58.5 Å². The summed E-state index contributed by atoms with van der Waals surface area (Å²) < 4.78 is 5.45. The Morgan fingerprint density at radius 3 is 2.31 bits per heavy atom. The number of rotatable bonds is 11. The molecule has 0 aliphatic heterocycles. The molecule has 1 rings (SSSR count). The summed E-state index contributed by atoms with van der Waals surface area (Å²) in [4.78, 5) is 10.7. The number of aliphatic hydroxyl groups is 1. The normalized spacial score (nSPS) is 11.5. The summed E-state index contributed by atoms with van der Waals surface area (Å²) in [5.41, 5.74) is 5.96. The van der Waals surface area contributed by atoms with Gasteiger partial charge in [0.05, 0.1) is 6.42 Å². The van der Waals surface area contributed by atoms with Gasteiger partial charge in [-0.2, -0.15) is 0 Å². The molecule has 0 aliphatic rings. The van der Waals surface area contributed by atoms with Crippen LogP contribution in [0.25, 0.3) is 0 Å². The van der Waals surface area contributed by atoms with Crippen molar-refractivity contribution in [3.8, 4) is 5.75 Å². The molecule has 0 saturated heterocycles. The molecular formula is C18H33BN2O5. The van der Waals surface area contributed by atoms with E-state index in [9.17, 15) is 9.90 Å². The first-order chi connectivity index (χ1) is 12.2. The Bertz CT molecular complexity index is 483. The van der Waals surface area contributed by atoms with Crippen LogP contribution < -0.4 is 15.8 Å². The number of aliphatic hydroxyl groups excluding tert-OH is 1. The quantitative estimate of drug-likeness (QED) is 0.367. The maximum Gasteiger partial charge on any atom is 0.451 e. The van der Waals surface area contributed by atoms with Crippen molar-refractivity contribution in [3.63, 3.8) is 0 Å². The first-order valence-corrected chi connectivity index (χ1v) is 9.02. The van der Waals surface area contributed by atoms with Gasteiger partial charge in [0, 0.05) is 12.6 Å². The minimum absolute atomic E-state index is 0.223. The number of carbonyl (C=O) groups is 1. The highest BCUT2D eigenvalue weighted by atomic mass is 16.5. The van der Waals surface area contributed by atoms with Crippen LogP contribution in [0.2, 0.25) is 6.32 Å². The van der Waals surface area contributed by atoms with Crippen LogP contribution >= 0.6 is 0 Å². The Morgan fingerprint density at radius 1 is 1.27 bits per heavy atom. The second-order valence-electron chi connectivity index (χ2n) is 6.44. The fourth-order valence-electron chi connectivity index (χ4n) is 1.91. The van der Waals surface area contributed by atoms with E-state index in [2.05, 4.69) is 5.32 Å². The molecule has 1 atom stereocenters. The van der Waals surface area contributed by atoms with Gasteiger partial charge in [0.1, 0.15) is 18.5 Å². The van der Waals surface area contributed by atoms with E-state index in [1.165, 1.54) is 0 Å². The van der Waals surface area contributed by atoms with E-state index in [-0.39, 0.29) is 18.9 Å². The standard InChI is InChI=1S/C14H22N2O3.C4H11BO2/c1-10(2)16-8-12(17)9-19-13-5-3-11(4-6-13)7-14(15)18;1-2-3-4-5(6)7/h3-6,10,12,16-17H,7-9H2,1-2H3,(H2,15,18);6-7H,2-4H2,1H3. The van der Waals surface area contributed by atoms with Crippen LogP contribution in [-0.2, 0) is 11.2 Å². The lowest BCUT2D eigenvalue weighted by Crippen LogP contribution is -2.35. The van der Waals surface area contributed by atoms with Crippen LogP contribution in [0.15, 0.2) is 24.3 Å². The molecule has 0 spiro atoms. The molecule has 148 valence electrons. The molecule has 1 unspecified atom stereocenters. The summed E-state index contributed by atoms with van der Waals surface area (Å²) in [5.74, 6) is 0.306. The zero-order valence-electron chi connectivity index (χ0n) is 16.0. The summed E-state index contributed by atoms with van der Waals surface area (Å²) in [6.45, 7) is 6.78. The van der Waals surface area contributed by atoms with Crippen molar-refractivity contribution in [1.29, 1.82) is 0 Å². The summed E-state index contributed by atoms with van der Waals surface area (Å²) in [6.07, 6.45) is 2.11. The fraction of sp³-hybridized carbons (Fsp3) is 0.611. The number of nitrogens with one attached hydrogen (secondary N) is 1. The number of unbranched alkanes of at least 4 members (excludes halogenated alkanes) is 1. The lowest BCUT2D eigenvalue weighted by molar-refractivity contribution is -0.117. The number of hydrogen-bond acceptors (Lipinski definition) is 6. The second-order valence-corrected chi connectivity index (χ2v) is 6.44. The number of hydrogen-bond donors (Lipinski definition) is 5. The number of amides is 1. The van der Waals surface area contributed by atoms with Crippen LogP contribution in [0.1, 0.15) is 39.2 Å². The molecule has 0 saturated carbocycles. The summed E-state index contributed by atoms with van der Waals surface area (Å²) in [5, 5.41) is 29.3. The molecule has 1 aromatic rings. The van der Waals surface area contributed by atoms with Gasteiger partial charge in [-0.1, -0.05) is 45.7 Å². The first kappa shape index (κ1) is 24.4. The summed E-state index contributed by atoms with van der Waals surface area (Å²) >= 11 is 0. The van der Waals surface area contributed by atoms with Gasteiger partial charge in [0.2, 0.25) is 5.91 Å². The smallest absolute Gasteiger partial charge is 0.451 e. The highest BCUT2D eigenvalue weighted by molar-refractivity contribution is 6.40. The molecule has 26 heavy (non-hydrogen) atoms. The van der Waals surface area contributed by atoms with Gasteiger partial charge >= 0.3 is 7.12 Å². The number of carbonyl (C=O) groups excluding carboxylic acids is 1. The minimum atomic E-state index is -1.10. The molecule has 1 aromatic carbocycles. The Kier molecular flexibility index (Phi) is 13.7. The van der Waals surface area contributed by atoms with E-state index in [0.29, 0.717) is 24.7 Å². The van der Waals surface area contributed by atoms with Crippen molar-refractivity contribution in [1.82, 2.24) is 5.32 Å². The van der Waals surface area contributed by atoms with Gasteiger partial charge in [0.15, 0.2) is 0 Å². The molecule has 7 nitrogen and oxygen atoms in total. The summed E-state index contributed by atoms with van der Waals surface area (Å²) in [6, 6.07) is 7.45. The highest BCUT2D eigenvalue weighted by Crippen LogP contribution is 2.12. The van der Waals surface area contributed by atoms with E-state index in [4.69, 9.17) is 20.5 Å². The minimum Gasteiger partial charge on any atom is -0.491 e. The third-order valence-corrected chi connectivity index (χ3v) is 3.32. The lowest BCUT2D eigenvalue weighted by atomic mass is 9.84. The van der Waals surface area contributed by atoms with Crippen LogP contribution in [0, 0.1) is 0 Å². The van der Waals surface area contributed by atoms with Gasteiger partial charge in [-0.25, -0.2) is 0 Å². The van der Waals surface area contributed by atoms with Gasteiger partial charge in [-0.3, -0.25) is 4.79 Å². The van der Waals surface area contributed by atoms with Gasteiger partial charge in [-0.15, -0.1) is 0 Å². The van der Waals surface area contributed by atoms with Crippen molar-refractivity contribution in [3.05, 3.63) is 29.8 Å². The van der Waals surface area contributed by atoms with Crippen molar-refractivity contribution >= 4 is 13.0 Å². The number of ether oxygens (including phenoxy) is 1. The Morgan fingerprint density at radius 2 is 1.88 bits per heavy atom. The molecule has 1 amide bonds. The number of benzene rings is 1. The van der Waals surface area contributed by atoms with Crippen LogP contribution in [0.4, 0.5) is 0 Å². The third kappa shape index (κ3) is 14.7.